The number of nitrogens with one attached hydrogen (secondary N) is 1. The van der Waals surface area contributed by atoms with E-state index in [1.807, 2.05) is 0 Å². The molecule has 0 saturated heterocycles. The maximum absolute atomic E-state index is 13.1. The predicted molar refractivity (Wildman–Crippen MR) is 67.0 cm³/mol. The van der Waals surface area contributed by atoms with Crippen molar-refractivity contribution in [2.24, 2.45) is 0 Å². The Kier molecular flexibility index (Phi) is 4.68. The minimum atomic E-state index is -2.99. The molecule has 20 heavy (non-hydrogen) atoms. The van der Waals surface area contributed by atoms with Crippen molar-refractivity contribution in [3.8, 4) is 5.75 Å². The van der Waals surface area contributed by atoms with Crippen molar-refractivity contribution < 1.29 is 22.3 Å². The largest absolute Gasteiger partial charge is 0.468 e. The molecule has 0 aliphatic rings. The first-order chi connectivity index (χ1) is 9.56. The van der Waals surface area contributed by atoms with Gasteiger partial charge in [-0.1, -0.05) is 6.07 Å². The van der Waals surface area contributed by atoms with Crippen molar-refractivity contribution in [3.05, 3.63) is 53.7 Å². The Bertz CT molecular complexity index is 543. The third kappa shape index (κ3) is 3.77. The zero-order valence-electron chi connectivity index (χ0n) is 10.8. The molecule has 0 aliphatic heterocycles. The average molecular weight is 285 g/mol. The molecule has 108 valence electrons. The number of hydrogen-bond donors (Lipinski definition) is 1. The van der Waals surface area contributed by atoms with Gasteiger partial charge >= 0.3 is 6.61 Å². The fourth-order valence-corrected chi connectivity index (χ4v) is 1.84. The van der Waals surface area contributed by atoms with E-state index in [2.05, 4.69) is 10.1 Å². The molecule has 2 aromatic rings. The fraction of sp³-hybridized carbons (Fsp3) is 0.286. The Morgan fingerprint density at radius 3 is 2.75 bits per heavy atom. The molecule has 2 rings (SSSR count). The maximum atomic E-state index is 13.1. The molecule has 6 heteroatoms. The molecular weight excluding hydrogens is 271 g/mol. The lowest BCUT2D eigenvalue weighted by molar-refractivity contribution is -0.0508. The molecule has 1 aromatic carbocycles. The van der Waals surface area contributed by atoms with Crippen molar-refractivity contribution in [1.82, 2.24) is 5.32 Å². The van der Waals surface area contributed by atoms with Crippen molar-refractivity contribution in [2.45, 2.75) is 26.1 Å². The van der Waals surface area contributed by atoms with E-state index in [1.165, 1.54) is 12.1 Å². The molecule has 0 aliphatic carbocycles. The molecule has 0 fully saturated rings. The molecule has 0 radical (unpaired) electrons. The quantitative estimate of drug-likeness (QED) is 0.875. The van der Waals surface area contributed by atoms with Crippen LogP contribution in [0.1, 0.15) is 24.3 Å². The Labute approximate surface area is 114 Å². The van der Waals surface area contributed by atoms with E-state index in [0.717, 1.165) is 11.8 Å². The van der Waals surface area contributed by atoms with E-state index in [0.29, 0.717) is 12.1 Å². The van der Waals surface area contributed by atoms with Crippen LogP contribution in [0.25, 0.3) is 0 Å². The molecule has 0 saturated carbocycles. The summed E-state index contributed by atoms with van der Waals surface area (Å²) in [4.78, 5) is 0. The van der Waals surface area contributed by atoms with Gasteiger partial charge in [0.1, 0.15) is 17.3 Å². The Morgan fingerprint density at radius 2 is 2.10 bits per heavy atom. The predicted octanol–water partition coefficient (Wildman–Crippen LogP) is 3.87. The van der Waals surface area contributed by atoms with Crippen LogP contribution in [0.2, 0.25) is 0 Å². The van der Waals surface area contributed by atoms with E-state index in [4.69, 9.17) is 4.42 Å². The first-order valence-electron chi connectivity index (χ1n) is 6.06. The van der Waals surface area contributed by atoms with Crippen LogP contribution < -0.4 is 10.1 Å². The second-order valence-electron chi connectivity index (χ2n) is 4.24. The zero-order valence-corrected chi connectivity index (χ0v) is 10.8. The average Bonchev–Trinajstić information content (AvgIpc) is 2.88. The summed E-state index contributed by atoms with van der Waals surface area (Å²) < 4.78 is 47.3. The lowest BCUT2D eigenvalue weighted by Crippen LogP contribution is -2.19. The number of hydrogen-bond acceptors (Lipinski definition) is 3. The van der Waals surface area contributed by atoms with Gasteiger partial charge < -0.3 is 14.5 Å². The van der Waals surface area contributed by atoms with Gasteiger partial charge in [-0.2, -0.15) is 8.78 Å². The van der Waals surface area contributed by atoms with Gasteiger partial charge in [0.2, 0.25) is 0 Å². The SMILES string of the molecule is C[C@H](NCc1ccco1)c1ccc(F)cc1OC(F)F. The minimum absolute atomic E-state index is 0.167. The van der Waals surface area contributed by atoms with Gasteiger partial charge in [-0.15, -0.1) is 0 Å². The van der Waals surface area contributed by atoms with Crippen LogP contribution in [-0.2, 0) is 6.54 Å². The molecule has 3 nitrogen and oxygen atoms in total. The summed E-state index contributed by atoms with van der Waals surface area (Å²) in [5.41, 5.74) is 0.457. The summed E-state index contributed by atoms with van der Waals surface area (Å²) in [7, 11) is 0. The standard InChI is InChI=1S/C14H14F3NO2/c1-9(18-8-11-3-2-6-19-11)12-5-4-10(15)7-13(12)20-14(16)17/h2-7,9,14,18H,8H2,1H3/t9-/m0/s1. The minimum Gasteiger partial charge on any atom is -0.468 e. The van der Waals surface area contributed by atoms with Gasteiger partial charge in [0.05, 0.1) is 12.8 Å². The lowest BCUT2D eigenvalue weighted by Gasteiger charge is -2.17. The summed E-state index contributed by atoms with van der Waals surface area (Å²) in [6, 6.07) is 6.83. The molecule has 0 unspecified atom stereocenters. The van der Waals surface area contributed by atoms with E-state index >= 15 is 0 Å². The zero-order chi connectivity index (χ0) is 14.5. The van der Waals surface area contributed by atoms with Crippen LogP contribution in [0.3, 0.4) is 0 Å². The van der Waals surface area contributed by atoms with Gasteiger partial charge in [-0.05, 0) is 25.1 Å². The second kappa shape index (κ2) is 6.47. The Morgan fingerprint density at radius 1 is 1.30 bits per heavy atom. The maximum Gasteiger partial charge on any atom is 0.387 e. The van der Waals surface area contributed by atoms with Crippen molar-refractivity contribution in [2.75, 3.05) is 0 Å². The van der Waals surface area contributed by atoms with Crippen LogP contribution in [0.4, 0.5) is 13.2 Å². The van der Waals surface area contributed by atoms with Gasteiger partial charge in [-0.25, -0.2) is 4.39 Å². The smallest absolute Gasteiger partial charge is 0.387 e. The second-order valence-corrected chi connectivity index (χ2v) is 4.24. The number of alkyl halides is 2. The van der Waals surface area contributed by atoms with Gasteiger partial charge in [-0.3, -0.25) is 0 Å². The fourth-order valence-electron chi connectivity index (χ4n) is 1.84. The number of benzene rings is 1. The molecular formula is C14H14F3NO2. The van der Waals surface area contributed by atoms with Crippen molar-refractivity contribution in [1.29, 1.82) is 0 Å². The third-order valence-corrected chi connectivity index (χ3v) is 2.82. The summed E-state index contributed by atoms with van der Waals surface area (Å²) in [6.07, 6.45) is 1.55. The molecule has 0 bridgehead atoms. The molecule has 1 atom stereocenters. The van der Waals surface area contributed by atoms with Crippen LogP contribution >= 0.6 is 0 Å². The number of rotatable bonds is 6. The Balaban J connectivity index is 2.09. The lowest BCUT2D eigenvalue weighted by atomic mass is 10.1. The highest BCUT2D eigenvalue weighted by molar-refractivity contribution is 5.36. The molecule has 1 heterocycles. The molecule has 1 aromatic heterocycles. The summed E-state index contributed by atoms with van der Waals surface area (Å²) >= 11 is 0. The molecule has 0 spiro atoms. The van der Waals surface area contributed by atoms with Crippen LogP contribution in [0.5, 0.6) is 5.75 Å². The highest BCUT2D eigenvalue weighted by Crippen LogP contribution is 2.27. The molecule has 1 N–H and O–H groups in total. The van der Waals surface area contributed by atoms with Crippen LogP contribution in [0.15, 0.2) is 41.0 Å². The topological polar surface area (TPSA) is 34.4 Å². The summed E-state index contributed by atoms with van der Waals surface area (Å²) in [5, 5.41) is 3.09. The van der Waals surface area contributed by atoms with Gasteiger partial charge in [0.15, 0.2) is 0 Å². The highest BCUT2D eigenvalue weighted by atomic mass is 19.3. The summed E-state index contributed by atoms with van der Waals surface area (Å²) in [5.74, 6) is -0.0719. The van der Waals surface area contributed by atoms with E-state index < -0.39 is 12.4 Å². The third-order valence-electron chi connectivity index (χ3n) is 2.82. The van der Waals surface area contributed by atoms with Gasteiger partial charge in [0, 0.05) is 17.7 Å². The normalized spacial score (nSPS) is 12.7. The van der Waals surface area contributed by atoms with Crippen LogP contribution in [0, 0.1) is 5.82 Å². The van der Waals surface area contributed by atoms with Crippen molar-refractivity contribution >= 4 is 0 Å². The summed E-state index contributed by atoms with van der Waals surface area (Å²) in [6.45, 7) is -0.790. The first-order valence-corrected chi connectivity index (χ1v) is 6.06. The number of halogens is 3. The van der Waals surface area contributed by atoms with Crippen molar-refractivity contribution in [3.63, 3.8) is 0 Å². The highest BCUT2D eigenvalue weighted by Gasteiger charge is 2.16. The van der Waals surface area contributed by atoms with E-state index in [-0.39, 0.29) is 11.8 Å². The Hall–Kier alpha value is -1.95. The molecule has 0 amide bonds. The van der Waals surface area contributed by atoms with E-state index in [9.17, 15) is 13.2 Å². The van der Waals surface area contributed by atoms with E-state index in [1.54, 1.807) is 25.3 Å². The number of furan rings is 1. The monoisotopic (exact) mass is 285 g/mol. The van der Waals surface area contributed by atoms with Crippen LogP contribution in [-0.4, -0.2) is 6.61 Å². The first kappa shape index (κ1) is 14.5. The number of ether oxygens (including phenoxy) is 1. The van der Waals surface area contributed by atoms with Gasteiger partial charge in [0.25, 0.3) is 0 Å².